The van der Waals surface area contributed by atoms with Gasteiger partial charge in [0.1, 0.15) is 6.04 Å². The summed E-state index contributed by atoms with van der Waals surface area (Å²) in [5.74, 6) is 0.398. The van der Waals surface area contributed by atoms with Crippen LogP contribution < -0.4 is 10.6 Å². The summed E-state index contributed by atoms with van der Waals surface area (Å²) < 4.78 is 5.12. The van der Waals surface area contributed by atoms with Gasteiger partial charge >= 0.3 is 0 Å². The Morgan fingerprint density at radius 1 is 1.11 bits per heavy atom. The Balaban J connectivity index is 1.65. The maximum absolute atomic E-state index is 12.4. The summed E-state index contributed by atoms with van der Waals surface area (Å²) in [5.41, 5.74) is 1.82. The van der Waals surface area contributed by atoms with E-state index in [1.54, 1.807) is 49.4 Å². The largest absolute Gasteiger partial charge is 0.341 e. The van der Waals surface area contributed by atoms with E-state index in [0.29, 0.717) is 29.4 Å². The number of rotatable bonds is 6. The SMILES string of the molecule is CCc1nc(-c2cccc(NC(=O)[C@@H](C)NC(=O)c3ccccc3)c2)no1. The molecule has 2 amide bonds. The van der Waals surface area contributed by atoms with Gasteiger partial charge in [-0.25, -0.2) is 0 Å². The van der Waals surface area contributed by atoms with Crippen LogP contribution in [0.5, 0.6) is 0 Å². The highest BCUT2D eigenvalue weighted by Gasteiger charge is 2.17. The van der Waals surface area contributed by atoms with Gasteiger partial charge in [0.2, 0.25) is 17.6 Å². The van der Waals surface area contributed by atoms with Crippen molar-refractivity contribution in [2.24, 2.45) is 0 Å². The molecule has 7 heteroatoms. The second-order valence-corrected chi connectivity index (χ2v) is 6.00. The number of carbonyl (C=O) groups excluding carboxylic acids is 2. The van der Waals surface area contributed by atoms with E-state index in [1.165, 1.54) is 0 Å². The van der Waals surface area contributed by atoms with Gasteiger partial charge in [0, 0.05) is 23.2 Å². The molecule has 0 radical (unpaired) electrons. The zero-order chi connectivity index (χ0) is 19.2. The summed E-state index contributed by atoms with van der Waals surface area (Å²) in [6.07, 6.45) is 0.655. The third-order valence-electron chi connectivity index (χ3n) is 3.94. The Hall–Kier alpha value is -3.48. The van der Waals surface area contributed by atoms with E-state index < -0.39 is 6.04 Å². The summed E-state index contributed by atoms with van der Waals surface area (Å²) in [4.78, 5) is 28.8. The minimum absolute atomic E-state index is 0.300. The minimum Gasteiger partial charge on any atom is -0.341 e. The van der Waals surface area contributed by atoms with Crippen LogP contribution in [0.2, 0.25) is 0 Å². The second kappa shape index (κ2) is 8.27. The standard InChI is InChI=1S/C20H20N4O3/c1-3-17-23-18(24-27-17)15-10-7-11-16(12-15)22-19(25)13(2)21-20(26)14-8-5-4-6-9-14/h4-13H,3H2,1-2H3,(H,21,26)(H,22,25)/t13-/m1/s1. The number of hydrogen-bond donors (Lipinski definition) is 2. The van der Waals surface area contributed by atoms with Gasteiger partial charge < -0.3 is 15.2 Å². The average Bonchev–Trinajstić information content (AvgIpc) is 3.18. The molecule has 0 saturated carbocycles. The Labute approximate surface area is 156 Å². The lowest BCUT2D eigenvalue weighted by Gasteiger charge is -2.14. The molecule has 3 rings (SSSR count). The first-order valence-electron chi connectivity index (χ1n) is 8.66. The van der Waals surface area contributed by atoms with Crippen molar-refractivity contribution in [3.05, 3.63) is 66.1 Å². The van der Waals surface area contributed by atoms with Gasteiger partial charge in [0.05, 0.1) is 0 Å². The van der Waals surface area contributed by atoms with E-state index >= 15 is 0 Å². The third kappa shape index (κ3) is 4.58. The number of benzene rings is 2. The summed E-state index contributed by atoms with van der Waals surface area (Å²) in [6.45, 7) is 3.56. The second-order valence-electron chi connectivity index (χ2n) is 6.00. The van der Waals surface area contributed by atoms with Crippen molar-refractivity contribution in [3.8, 4) is 11.4 Å². The van der Waals surface area contributed by atoms with E-state index in [4.69, 9.17) is 4.52 Å². The number of nitrogens with one attached hydrogen (secondary N) is 2. The number of carbonyl (C=O) groups is 2. The number of aromatic nitrogens is 2. The van der Waals surface area contributed by atoms with Crippen LogP contribution in [-0.4, -0.2) is 28.0 Å². The van der Waals surface area contributed by atoms with Crippen molar-refractivity contribution in [1.82, 2.24) is 15.5 Å². The van der Waals surface area contributed by atoms with E-state index in [0.717, 1.165) is 5.56 Å². The molecule has 0 fully saturated rings. The number of hydrogen-bond acceptors (Lipinski definition) is 5. The Morgan fingerprint density at radius 3 is 2.59 bits per heavy atom. The molecule has 2 aromatic carbocycles. The number of amides is 2. The zero-order valence-electron chi connectivity index (χ0n) is 15.1. The molecule has 138 valence electrons. The minimum atomic E-state index is -0.696. The lowest BCUT2D eigenvalue weighted by Crippen LogP contribution is -2.41. The predicted molar refractivity (Wildman–Crippen MR) is 101 cm³/mol. The molecule has 0 saturated heterocycles. The van der Waals surface area contributed by atoms with Gasteiger partial charge in [-0.05, 0) is 31.2 Å². The number of anilines is 1. The molecular weight excluding hydrogens is 344 g/mol. The highest BCUT2D eigenvalue weighted by atomic mass is 16.5. The molecule has 27 heavy (non-hydrogen) atoms. The van der Waals surface area contributed by atoms with Gasteiger partial charge in [-0.3, -0.25) is 9.59 Å². The fourth-order valence-corrected chi connectivity index (χ4v) is 2.44. The van der Waals surface area contributed by atoms with Crippen LogP contribution in [0.3, 0.4) is 0 Å². The van der Waals surface area contributed by atoms with Crippen molar-refractivity contribution in [1.29, 1.82) is 0 Å². The fourth-order valence-electron chi connectivity index (χ4n) is 2.44. The Morgan fingerprint density at radius 2 is 1.89 bits per heavy atom. The van der Waals surface area contributed by atoms with Crippen molar-refractivity contribution in [3.63, 3.8) is 0 Å². The van der Waals surface area contributed by atoms with E-state index in [-0.39, 0.29) is 11.8 Å². The van der Waals surface area contributed by atoms with E-state index in [9.17, 15) is 9.59 Å². The average molecular weight is 364 g/mol. The molecule has 0 unspecified atom stereocenters. The fraction of sp³-hybridized carbons (Fsp3) is 0.200. The van der Waals surface area contributed by atoms with Gasteiger partial charge in [0.15, 0.2) is 0 Å². The summed E-state index contributed by atoms with van der Waals surface area (Å²) >= 11 is 0. The molecule has 0 aliphatic carbocycles. The molecule has 7 nitrogen and oxygen atoms in total. The molecule has 1 aromatic heterocycles. The van der Waals surface area contributed by atoms with Crippen molar-refractivity contribution in [2.45, 2.75) is 26.3 Å². The number of nitrogens with zero attached hydrogens (tertiary/aromatic N) is 2. The Kier molecular flexibility index (Phi) is 5.61. The molecule has 0 spiro atoms. The maximum Gasteiger partial charge on any atom is 0.251 e. The van der Waals surface area contributed by atoms with Crippen LogP contribution in [-0.2, 0) is 11.2 Å². The van der Waals surface area contributed by atoms with Gasteiger partial charge in [-0.15, -0.1) is 0 Å². The van der Waals surface area contributed by atoms with Crippen molar-refractivity contribution in [2.75, 3.05) is 5.32 Å². The lowest BCUT2D eigenvalue weighted by molar-refractivity contribution is -0.117. The van der Waals surface area contributed by atoms with Crippen molar-refractivity contribution >= 4 is 17.5 Å². The first-order chi connectivity index (χ1) is 13.1. The maximum atomic E-state index is 12.4. The van der Waals surface area contributed by atoms with Crippen LogP contribution in [0, 0.1) is 0 Å². The highest BCUT2D eigenvalue weighted by Crippen LogP contribution is 2.20. The van der Waals surface area contributed by atoms with E-state index in [2.05, 4.69) is 20.8 Å². The van der Waals surface area contributed by atoms with Crippen molar-refractivity contribution < 1.29 is 14.1 Å². The molecule has 0 bridgehead atoms. The summed E-state index contributed by atoms with van der Waals surface area (Å²) in [5, 5.41) is 9.40. The smallest absolute Gasteiger partial charge is 0.251 e. The predicted octanol–water partition coefficient (Wildman–Crippen LogP) is 3.06. The van der Waals surface area contributed by atoms with Crippen LogP contribution in [0.25, 0.3) is 11.4 Å². The van der Waals surface area contributed by atoms with Crippen LogP contribution in [0.1, 0.15) is 30.1 Å². The molecular formula is C20H20N4O3. The van der Waals surface area contributed by atoms with E-state index in [1.807, 2.05) is 19.1 Å². The molecule has 2 N–H and O–H groups in total. The Bertz CT molecular complexity index is 937. The highest BCUT2D eigenvalue weighted by molar-refractivity contribution is 6.01. The topological polar surface area (TPSA) is 97.1 Å². The first-order valence-corrected chi connectivity index (χ1v) is 8.66. The molecule has 0 aliphatic heterocycles. The molecule has 1 atom stereocenters. The molecule has 0 aliphatic rings. The molecule has 1 heterocycles. The zero-order valence-corrected chi connectivity index (χ0v) is 15.1. The summed E-state index contributed by atoms with van der Waals surface area (Å²) in [7, 11) is 0. The quantitative estimate of drug-likeness (QED) is 0.701. The summed E-state index contributed by atoms with van der Waals surface area (Å²) in [6, 6.07) is 15.2. The number of aryl methyl sites for hydroxylation is 1. The normalized spacial score (nSPS) is 11.6. The monoisotopic (exact) mass is 364 g/mol. The van der Waals surface area contributed by atoms with Gasteiger partial charge in [-0.1, -0.05) is 42.4 Å². The van der Waals surface area contributed by atoms with Crippen LogP contribution >= 0.6 is 0 Å². The lowest BCUT2D eigenvalue weighted by atomic mass is 10.1. The van der Waals surface area contributed by atoms with Crippen LogP contribution in [0.4, 0.5) is 5.69 Å². The van der Waals surface area contributed by atoms with Gasteiger partial charge in [0.25, 0.3) is 5.91 Å². The van der Waals surface area contributed by atoms with Gasteiger partial charge in [-0.2, -0.15) is 4.98 Å². The molecule has 3 aromatic rings. The third-order valence-corrected chi connectivity index (χ3v) is 3.94. The first kappa shape index (κ1) is 18.3. The van der Waals surface area contributed by atoms with Crippen LogP contribution in [0.15, 0.2) is 59.1 Å².